The number of ether oxygens (including phenoxy) is 1. The van der Waals surface area contributed by atoms with Gasteiger partial charge in [-0.3, -0.25) is 0 Å². The monoisotopic (exact) mass is 292 g/mol. The Bertz CT molecular complexity index is 544. The zero-order valence-corrected chi connectivity index (χ0v) is 12.1. The maximum Gasteiger partial charge on any atom is 0.158 e. The second-order valence-corrected chi connectivity index (χ2v) is 5.57. The first-order valence-corrected chi connectivity index (χ1v) is 7.47. The number of nitrogens with two attached hydrogens (primary N) is 1. The van der Waals surface area contributed by atoms with Crippen molar-refractivity contribution in [2.24, 2.45) is 0 Å². The van der Waals surface area contributed by atoms with Gasteiger partial charge in [0.2, 0.25) is 0 Å². The summed E-state index contributed by atoms with van der Waals surface area (Å²) < 4.78 is 11.5. The van der Waals surface area contributed by atoms with E-state index < -0.39 is 0 Å². The summed E-state index contributed by atoms with van der Waals surface area (Å²) in [6, 6.07) is 11.8. The van der Waals surface area contributed by atoms with Gasteiger partial charge in [0.15, 0.2) is 5.76 Å². The lowest BCUT2D eigenvalue weighted by molar-refractivity contribution is -0.677. The number of halogens is 1. The van der Waals surface area contributed by atoms with Gasteiger partial charge in [-0.05, 0) is 49.2 Å². The molecule has 4 heteroatoms. The molecule has 0 amide bonds. The normalized spacial score (nSPS) is 18.6. The van der Waals surface area contributed by atoms with Gasteiger partial charge in [-0.15, -0.1) is 0 Å². The van der Waals surface area contributed by atoms with E-state index in [4.69, 9.17) is 20.8 Å². The molecule has 1 fully saturated rings. The molecule has 0 unspecified atom stereocenters. The lowest BCUT2D eigenvalue weighted by Gasteiger charge is -2.06. The molecule has 1 atom stereocenters. The number of quaternary nitrogens is 1. The van der Waals surface area contributed by atoms with Crippen LogP contribution in [0.25, 0.3) is 11.3 Å². The van der Waals surface area contributed by atoms with Gasteiger partial charge in [0.05, 0.1) is 0 Å². The molecule has 2 N–H and O–H groups in total. The first kappa shape index (κ1) is 13.7. The van der Waals surface area contributed by atoms with Crippen LogP contribution in [0.1, 0.15) is 18.6 Å². The van der Waals surface area contributed by atoms with E-state index in [9.17, 15) is 0 Å². The SMILES string of the molecule is Clc1ccc(-c2ccc(C[NH2+]C[C@H]3CCCO3)o2)cc1. The van der Waals surface area contributed by atoms with Crippen molar-refractivity contribution in [1.29, 1.82) is 0 Å². The van der Waals surface area contributed by atoms with E-state index in [1.807, 2.05) is 36.4 Å². The molecular weight excluding hydrogens is 274 g/mol. The predicted molar refractivity (Wildman–Crippen MR) is 78.6 cm³/mol. The average Bonchev–Trinajstić information content (AvgIpc) is 3.11. The third-order valence-electron chi connectivity index (χ3n) is 3.59. The van der Waals surface area contributed by atoms with E-state index >= 15 is 0 Å². The van der Waals surface area contributed by atoms with Gasteiger partial charge in [0.1, 0.15) is 25.0 Å². The van der Waals surface area contributed by atoms with Crippen LogP contribution in [0.5, 0.6) is 0 Å². The Hall–Kier alpha value is -1.29. The molecule has 3 nitrogen and oxygen atoms in total. The van der Waals surface area contributed by atoms with Crippen LogP contribution >= 0.6 is 11.6 Å². The second-order valence-electron chi connectivity index (χ2n) is 5.14. The number of hydrogen-bond donors (Lipinski definition) is 1. The number of furan rings is 1. The highest BCUT2D eigenvalue weighted by Gasteiger charge is 2.17. The first-order valence-electron chi connectivity index (χ1n) is 7.09. The minimum Gasteiger partial charge on any atom is -0.455 e. The van der Waals surface area contributed by atoms with Crippen LogP contribution < -0.4 is 5.32 Å². The van der Waals surface area contributed by atoms with Crippen molar-refractivity contribution in [3.8, 4) is 11.3 Å². The van der Waals surface area contributed by atoms with E-state index in [1.165, 1.54) is 12.8 Å². The van der Waals surface area contributed by atoms with Crippen LogP contribution in [-0.4, -0.2) is 19.3 Å². The van der Waals surface area contributed by atoms with Crippen molar-refractivity contribution >= 4 is 11.6 Å². The molecule has 0 bridgehead atoms. The van der Waals surface area contributed by atoms with Crippen molar-refractivity contribution < 1.29 is 14.5 Å². The van der Waals surface area contributed by atoms with Crippen LogP contribution in [0.15, 0.2) is 40.8 Å². The largest absolute Gasteiger partial charge is 0.455 e. The maximum atomic E-state index is 5.89. The Labute approximate surface area is 123 Å². The molecule has 1 aliphatic rings. The van der Waals surface area contributed by atoms with Crippen LogP contribution in [-0.2, 0) is 11.3 Å². The Balaban J connectivity index is 1.55. The summed E-state index contributed by atoms with van der Waals surface area (Å²) in [5, 5.41) is 2.99. The van der Waals surface area contributed by atoms with E-state index in [-0.39, 0.29) is 0 Å². The van der Waals surface area contributed by atoms with Gasteiger partial charge >= 0.3 is 0 Å². The lowest BCUT2D eigenvalue weighted by Crippen LogP contribution is -2.84. The van der Waals surface area contributed by atoms with Crippen LogP contribution in [0, 0.1) is 0 Å². The molecule has 2 aromatic rings. The van der Waals surface area contributed by atoms with Crippen molar-refractivity contribution in [2.75, 3.05) is 13.2 Å². The van der Waals surface area contributed by atoms with E-state index in [2.05, 4.69) is 5.32 Å². The molecule has 20 heavy (non-hydrogen) atoms. The molecule has 106 valence electrons. The van der Waals surface area contributed by atoms with Gasteiger partial charge in [-0.25, -0.2) is 0 Å². The zero-order chi connectivity index (χ0) is 13.8. The Morgan fingerprint density at radius 1 is 1.15 bits per heavy atom. The van der Waals surface area contributed by atoms with Gasteiger partial charge in [0, 0.05) is 17.2 Å². The molecular formula is C16H19ClNO2+. The summed E-state index contributed by atoms with van der Waals surface area (Å²) >= 11 is 5.89. The van der Waals surface area contributed by atoms with Gasteiger partial charge in [0.25, 0.3) is 0 Å². The van der Waals surface area contributed by atoms with Crippen molar-refractivity contribution in [2.45, 2.75) is 25.5 Å². The summed E-state index contributed by atoms with van der Waals surface area (Å²) in [6.07, 6.45) is 2.80. The smallest absolute Gasteiger partial charge is 0.158 e. The van der Waals surface area contributed by atoms with E-state index in [0.717, 1.165) is 41.8 Å². The third-order valence-corrected chi connectivity index (χ3v) is 3.84. The van der Waals surface area contributed by atoms with Gasteiger partial charge < -0.3 is 14.5 Å². The predicted octanol–water partition coefficient (Wildman–Crippen LogP) is 2.84. The average molecular weight is 293 g/mol. The first-order chi connectivity index (χ1) is 9.81. The maximum absolute atomic E-state index is 5.89. The zero-order valence-electron chi connectivity index (χ0n) is 11.3. The molecule has 1 aliphatic heterocycles. The molecule has 2 heterocycles. The van der Waals surface area contributed by atoms with Gasteiger partial charge in [-0.1, -0.05) is 11.6 Å². The van der Waals surface area contributed by atoms with Crippen molar-refractivity contribution in [3.63, 3.8) is 0 Å². The number of hydrogen-bond acceptors (Lipinski definition) is 2. The standard InChI is InChI=1S/C16H18ClNO2/c17-13-5-3-12(4-6-13)16-8-7-15(20-16)11-18-10-14-2-1-9-19-14/h3-8,14,18H,1-2,9-11H2/p+1/t14-/m1/s1. The van der Waals surface area contributed by atoms with E-state index in [0.29, 0.717) is 6.10 Å². The molecule has 1 aromatic carbocycles. The summed E-state index contributed by atoms with van der Waals surface area (Å²) in [6.45, 7) is 2.78. The fourth-order valence-corrected chi connectivity index (χ4v) is 2.62. The second kappa shape index (κ2) is 6.44. The molecule has 1 saturated heterocycles. The lowest BCUT2D eigenvalue weighted by atomic mass is 10.2. The minimum absolute atomic E-state index is 0.417. The molecule has 3 rings (SSSR count). The quantitative estimate of drug-likeness (QED) is 0.920. The Morgan fingerprint density at radius 3 is 2.75 bits per heavy atom. The summed E-state index contributed by atoms with van der Waals surface area (Å²) in [5.74, 6) is 1.88. The molecule has 0 saturated carbocycles. The highest BCUT2D eigenvalue weighted by atomic mass is 35.5. The number of rotatable bonds is 5. The fourth-order valence-electron chi connectivity index (χ4n) is 2.50. The van der Waals surface area contributed by atoms with Gasteiger partial charge in [-0.2, -0.15) is 0 Å². The Morgan fingerprint density at radius 2 is 2.00 bits per heavy atom. The fraction of sp³-hybridized carbons (Fsp3) is 0.375. The van der Waals surface area contributed by atoms with Crippen LogP contribution in [0.4, 0.5) is 0 Å². The summed E-state index contributed by atoms with van der Waals surface area (Å²) in [7, 11) is 0. The third kappa shape index (κ3) is 3.42. The van der Waals surface area contributed by atoms with E-state index in [1.54, 1.807) is 0 Å². The highest BCUT2D eigenvalue weighted by molar-refractivity contribution is 6.30. The van der Waals surface area contributed by atoms with Crippen LogP contribution in [0.2, 0.25) is 5.02 Å². The van der Waals surface area contributed by atoms with Crippen molar-refractivity contribution in [1.82, 2.24) is 0 Å². The number of benzene rings is 1. The molecule has 1 aromatic heterocycles. The highest BCUT2D eigenvalue weighted by Crippen LogP contribution is 2.23. The molecule has 0 spiro atoms. The summed E-state index contributed by atoms with van der Waals surface area (Å²) in [5.41, 5.74) is 1.06. The topological polar surface area (TPSA) is 39.0 Å². The Kier molecular flexibility index (Phi) is 4.41. The van der Waals surface area contributed by atoms with Crippen molar-refractivity contribution in [3.05, 3.63) is 47.2 Å². The minimum atomic E-state index is 0.417. The van der Waals surface area contributed by atoms with Crippen LogP contribution in [0.3, 0.4) is 0 Å². The summed E-state index contributed by atoms with van der Waals surface area (Å²) in [4.78, 5) is 0. The molecule has 0 radical (unpaired) electrons. The molecule has 0 aliphatic carbocycles.